The number of hydrogen-bond donors (Lipinski definition) is 19. The Labute approximate surface area is 491 Å². The predicted octanol–water partition coefficient (Wildman–Crippen LogP) is -6.88. The lowest BCUT2D eigenvalue weighted by molar-refractivity contribution is -0.153. The standard InChI is InChI=1S/C53H86N14O18/c1-3-5-6-7-8-9-13-17-30(70)25-39(72)85-28-37-49(80)64-36(26-68)48(79)62-34(20-22-55)46(77)61-33(19-21-54)45(76)60-32(18-14-23-58-53(56)57)44(75)63-35(24-29-15-11-10-12-16-29)47(78)59-31(4-2)43(74)67-41(42(73)52(83)84)51(82)66-40(38(71)27-69)50(81)65-37/h4,10-12,15-16,30,32-38,40-42,68-71,73H,3,5-9,13-14,17-28,54-55H2,1-2H3,(H,59,78)(H,60,76)(H,61,77)(H,62,79)(H,63,75)(H,64,80)(H,65,81)(H,66,82)(H,67,74)(H,83,84)(H4,56,57,58)/b31-4-/t30?,32-,33-,34-,35-,36-,37-,38+,40-,41-,42?/m0/s1. The van der Waals surface area contributed by atoms with Crippen molar-refractivity contribution >= 4 is 71.1 Å². The van der Waals surface area contributed by atoms with Crippen molar-refractivity contribution in [3.8, 4) is 0 Å². The fourth-order valence-corrected chi connectivity index (χ4v) is 8.38. The van der Waals surface area contributed by atoms with Crippen LogP contribution in [0.3, 0.4) is 0 Å². The third-order valence-electron chi connectivity index (χ3n) is 13.2. The second-order valence-electron chi connectivity index (χ2n) is 20.0. The molecule has 0 aliphatic carbocycles. The van der Waals surface area contributed by atoms with Gasteiger partial charge in [0, 0.05) is 13.0 Å². The van der Waals surface area contributed by atoms with Crippen molar-refractivity contribution in [3.63, 3.8) is 0 Å². The fourth-order valence-electron chi connectivity index (χ4n) is 8.38. The second kappa shape index (κ2) is 39.6. The van der Waals surface area contributed by atoms with E-state index in [1.54, 1.807) is 30.3 Å². The first kappa shape index (κ1) is 73.2. The Kier molecular flexibility index (Phi) is 34.1. The number of aliphatic hydroxyl groups excluding tert-OH is 5. The lowest BCUT2D eigenvalue weighted by Gasteiger charge is -2.29. The summed E-state index contributed by atoms with van der Waals surface area (Å²) in [6, 6.07) is -7.40. The van der Waals surface area contributed by atoms with E-state index in [0.29, 0.717) is 12.0 Å². The minimum Gasteiger partial charge on any atom is -0.479 e. The summed E-state index contributed by atoms with van der Waals surface area (Å²) in [4.78, 5) is 156. The Morgan fingerprint density at radius 1 is 0.624 bits per heavy atom. The molecule has 1 saturated heterocycles. The number of amides is 9. The summed E-state index contributed by atoms with van der Waals surface area (Å²) in [6.07, 6.45) is -0.464. The molecule has 23 N–H and O–H groups in total. The van der Waals surface area contributed by atoms with Crippen LogP contribution in [0.4, 0.5) is 0 Å². The molecule has 476 valence electrons. The number of allylic oxidation sites excluding steroid dienone is 1. The molecule has 0 saturated carbocycles. The number of carbonyl (C=O) groups excluding carboxylic acids is 10. The molecule has 1 heterocycles. The molecule has 0 bridgehead atoms. The van der Waals surface area contributed by atoms with Crippen LogP contribution in [0, 0.1) is 0 Å². The zero-order valence-corrected chi connectivity index (χ0v) is 47.8. The fraction of sp³-hybridized carbons (Fsp3) is 0.623. The molecule has 85 heavy (non-hydrogen) atoms. The van der Waals surface area contributed by atoms with Crippen LogP contribution in [0.2, 0.25) is 0 Å². The maximum Gasteiger partial charge on any atom is 0.335 e. The number of nitrogens with two attached hydrogens (primary N) is 4. The van der Waals surface area contributed by atoms with Gasteiger partial charge in [-0.3, -0.25) is 52.9 Å². The van der Waals surface area contributed by atoms with Crippen molar-refractivity contribution in [1.29, 1.82) is 0 Å². The van der Waals surface area contributed by atoms with Gasteiger partial charge in [-0.25, -0.2) is 4.79 Å². The smallest absolute Gasteiger partial charge is 0.335 e. The largest absolute Gasteiger partial charge is 0.479 e. The Balaban J connectivity index is 2.81. The summed E-state index contributed by atoms with van der Waals surface area (Å²) in [7, 11) is 0. The summed E-state index contributed by atoms with van der Waals surface area (Å²) in [6.45, 7) is -0.942. The van der Waals surface area contributed by atoms with E-state index < -0.39 is 164 Å². The molecule has 32 nitrogen and oxygen atoms in total. The average Bonchev–Trinajstić information content (AvgIpc) is 3.68. The Hall–Kier alpha value is -7.88. The van der Waals surface area contributed by atoms with E-state index in [4.69, 9.17) is 27.7 Å². The third kappa shape index (κ3) is 26.7. The number of aliphatic carboxylic acids is 1. The third-order valence-corrected chi connectivity index (χ3v) is 13.2. The molecule has 1 aliphatic rings. The number of unbranched alkanes of at least 4 members (excludes halogenated alkanes) is 6. The highest BCUT2D eigenvalue weighted by Crippen LogP contribution is 2.13. The quantitative estimate of drug-likeness (QED) is 0.0128. The maximum absolute atomic E-state index is 14.3. The number of benzene rings is 1. The highest BCUT2D eigenvalue weighted by molar-refractivity contribution is 6.03. The van der Waals surface area contributed by atoms with Crippen molar-refractivity contribution in [3.05, 3.63) is 47.7 Å². The van der Waals surface area contributed by atoms with Crippen molar-refractivity contribution in [1.82, 2.24) is 47.9 Å². The van der Waals surface area contributed by atoms with Gasteiger partial charge in [0.15, 0.2) is 12.1 Å². The summed E-state index contributed by atoms with van der Waals surface area (Å²) in [5.74, 6) is -15.2. The van der Waals surface area contributed by atoms with Crippen LogP contribution in [0.5, 0.6) is 0 Å². The summed E-state index contributed by atoms with van der Waals surface area (Å²) in [5.41, 5.74) is 22.4. The van der Waals surface area contributed by atoms with Crippen molar-refractivity contribution in [2.24, 2.45) is 27.9 Å². The number of carboxylic acids is 1. The number of aliphatic imine (C=N–C) groups is 1. The normalized spacial score (nSPS) is 23.6. The number of carboxylic acid groups (broad SMARTS) is 1. The highest BCUT2D eigenvalue weighted by atomic mass is 16.5. The van der Waals surface area contributed by atoms with Gasteiger partial charge in [0.25, 0.3) is 5.91 Å². The van der Waals surface area contributed by atoms with E-state index in [1.807, 2.05) is 10.6 Å². The average molecular weight is 1210 g/mol. The van der Waals surface area contributed by atoms with E-state index in [1.165, 1.54) is 6.92 Å². The van der Waals surface area contributed by atoms with E-state index in [9.17, 15) is 83.4 Å². The molecule has 1 aliphatic heterocycles. The molecule has 32 heteroatoms. The van der Waals surface area contributed by atoms with Gasteiger partial charge in [-0.2, -0.15) is 0 Å². The van der Waals surface area contributed by atoms with Crippen LogP contribution < -0.4 is 70.8 Å². The van der Waals surface area contributed by atoms with Crippen LogP contribution in [-0.4, -0.2) is 208 Å². The molecule has 1 fully saturated rings. The lowest BCUT2D eigenvalue weighted by atomic mass is 10.0. The molecule has 2 rings (SSSR count). The number of nitrogens with zero attached hydrogens (tertiary/aromatic N) is 1. The molecule has 11 atom stereocenters. The number of carbonyl (C=O) groups is 11. The first-order valence-corrected chi connectivity index (χ1v) is 28.0. The molecule has 0 aromatic heterocycles. The lowest BCUT2D eigenvalue weighted by Crippen LogP contribution is -2.64. The predicted molar refractivity (Wildman–Crippen MR) is 303 cm³/mol. The SMILES string of the molecule is C/C=C1\NC(=O)[C@H](Cc2ccccc2)NC(=O)[C@H](CCCN=C(N)N)NC(=O)[C@H](CCN)NC(=O)[C@H](CCN)NC(=O)[C@H](CO)NC(=O)[C@H](COC(=O)CC(O)CCCCCCCCC)NC(=O)[C@H]([C@H](O)CO)NC(=O)[C@H](C(O)C(=O)O)NC1=O. The van der Waals surface area contributed by atoms with Gasteiger partial charge in [-0.05, 0) is 57.7 Å². The minimum atomic E-state index is -2.85. The zero-order chi connectivity index (χ0) is 63.6. The van der Waals surface area contributed by atoms with Gasteiger partial charge in [0.05, 0.1) is 25.7 Å². The van der Waals surface area contributed by atoms with E-state index in [0.717, 1.165) is 44.6 Å². The van der Waals surface area contributed by atoms with Crippen LogP contribution in [0.1, 0.15) is 103 Å². The minimum absolute atomic E-state index is 0.0338. The summed E-state index contributed by atoms with van der Waals surface area (Å²) < 4.78 is 5.24. The van der Waals surface area contributed by atoms with Crippen molar-refractivity contribution in [2.45, 2.75) is 170 Å². The molecule has 0 radical (unpaired) electrons. The molecule has 1 aromatic carbocycles. The number of esters is 1. The first-order valence-electron chi connectivity index (χ1n) is 28.0. The van der Waals surface area contributed by atoms with Crippen molar-refractivity contribution < 1.29 is 88.1 Å². The monoisotopic (exact) mass is 1210 g/mol. The highest BCUT2D eigenvalue weighted by Gasteiger charge is 2.40. The van der Waals surface area contributed by atoms with E-state index in [-0.39, 0.29) is 64.1 Å². The van der Waals surface area contributed by atoms with E-state index in [2.05, 4.69) is 49.1 Å². The van der Waals surface area contributed by atoms with Gasteiger partial charge >= 0.3 is 11.9 Å². The number of guanidine groups is 1. The molecule has 2 unspecified atom stereocenters. The maximum atomic E-state index is 14.3. The first-order chi connectivity index (χ1) is 40.4. The molecular weight excluding hydrogens is 1120 g/mol. The number of nitrogens with one attached hydrogen (secondary N) is 9. The zero-order valence-electron chi connectivity index (χ0n) is 47.8. The Bertz CT molecular complexity index is 2430. The Morgan fingerprint density at radius 3 is 1.66 bits per heavy atom. The molecule has 1 aromatic rings. The van der Waals surface area contributed by atoms with Gasteiger partial charge in [0.1, 0.15) is 66.7 Å². The number of rotatable bonds is 27. The van der Waals surface area contributed by atoms with Crippen LogP contribution in [0.15, 0.2) is 47.1 Å². The van der Waals surface area contributed by atoms with Crippen LogP contribution >= 0.6 is 0 Å². The number of hydrogen-bond acceptors (Lipinski definition) is 20. The van der Waals surface area contributed by atoms with Crippen LogP contribution in [0.25, 0.3) is 0 Å². The van der Waals surface area contributed by atoms with Gasteiger partial charge in [0.2, 0.25) is 47.3 Å². The summed E-state index contributed by atoms with van der Waals surface area (Å²) in [5, 5.41) is 82.7. The second-order valence-corrected chi connectivity index (χ2v) is 20.0. The van der Waals surface area contributed by atoms with E-state index >= 15 is 0 Å². The number of ether oxygens (including phenoxy) is 1. The topological polar surface area (TPSA) is 543 Å². The number of aliphatic hydroxyl groups is 5. The van der Waals surface area contributed by atoms with Crippen LogP contribution in [-0.2, 0) is 63.9 Å². The molecular formula is C53H86N14O18. The van der Waals surface area contributed by atoms with Gasteiger partial charge in [-0.1, -0.05) is 88.3 Å². The summed E-state index contributed by atoms with van der Waals surface area (Å²) >= 11 is 0. The Morgan fingerprint density at radius 2 is 1.13 bits per heavy atom. The van der Waals surface area contributed by atoms with Gasteiger partial charge < -0.3 is 106 Å². The molecule has 9 amide bonds. The van der Waals surface area contributed by atoms with Crippen molar-refractivity contribution in [2.75, 3.05) is 39.5 Å². The molecule has 0 spiro atoms. The van der Waals surface area contributed by atoms with Gasteiger partial charge in [-0.15, -0.1) is 0 Å².